The molecule has 0 aliphatic carbocycles. The first kappa shape index (κ1) is 21.1. The minimum Gasteiger partial charge on any atom is -0.351 e. The van der Waals surface area contributed by atoms with Gasteiger partial charge in [-0.2, -0.15) is 0 Å². The highest BCUT2D eigenvalue weighted by Crippen LogP contribution is 2.25. The van der Waals surface area contributed by atoms with Crippen LogP contribution in [0.3, 0.4) is 0 Å². The maximum Gasteiger partial charge on any atom is 0.278 e. The van der Waals surface area contributed by atoms with Gasteiger partial charge in [0.15, 0.2) is 6.17 Å². The van der Waals surface area contributed by atoms with E-state index in [0.29, 0.717) is 32.4 Å². The fraction of sp³-hybridized carbons (Fsp3) is 0.706. The number of halogens is 1. The van der Waals surface area contributed by atoms with Crippen LogP contribution in [0.2, 0.25) is 0 Å². The zero-order valence-corrected chi connectivity index (χ0v) is 14.9. The van der Waals surface area contributed by atoms with Crippen LogP contribution in [0.25, 0.3) is 0 Å². The summed E-state index contributed by atoms with van der Waals surface area (Å²) in [5, 5.41) is 11.4. The summed E-state index contributed by atoms with van der Waals surface area (Å²) in [6.07, 6.45) is 0.470. The lowest BCUT2D eigenvalue weighted by atomic mass is 9.94. The Labute approximate surface area is 147 Å². The molecule has 0 spiro atoms. The van der Waals surface area contributed by atoms with Gasteiger partial charge in [-0.1, -0.05) is 31.9 Å². The van der Waals surface area contributed by atoms with E-state index in [1.54, 1.807) is 6.92 Å². The molecule has 0 saturated carbocycles. The van der Waals surface area contributed by atoms with Crippen molar-refractivity contribution >= 4 is 17.7 Å². The molecule has 0 bridgehead atoms. The number of hydrogen-bond acceptors (Lipinski definition) is 4. The standard InChI is InChI=1S/C17H28FN3O4/c1-4-5-7-12(14(18)16(23)20-25)17(24)21-9-6-8-13(21)15(22)19-10-11(2)3/h12-14,25H,2,4-10H2,1,3H3,(H,19,22)(H,20,23)/t12-,13+,14+/m1/s1. The molecular formula is C17H28FN3O4. The van der Waals surface area contributed by atoms with Crippen LogP contribution >= 0.6 is 0 Å². The second kappa shape index (κ2) is 10.1. The number of likely N-dealkylation sites (tertiary alicyclic amines) is 1. The van der Waals surface area contributed by atoms with E-state index >= 15 is 0 Å². The molecule has 3 amide bonds. The molecule has 3 atom stereocenters. The van der Waals surface area contributed by atoms with Gasteiger partial charge >= 0.3 is 0 Å². The molecule has 25 heavy (non-hydrogen) atoms. The minimum atomic E-state index is -2.15. The zero-order valence-electron chi connectivity index (χ0n) is 14.9. The topological polar surface area (TPSA) is 98.7 Å². The summed E-state index contributed by atoms with van der Waals surface area (Å²) in [5.41, 5.74) is 2.05. The van der Waals surface area contributed by atoms with Crippen molar-refractivity contribution in [3.63, 3.8) is 0 Å². The van der Waals surface area contributed by atoms with E-state index in [2.05, 4.69) is 11.9 Å². The molecule has 142 valence electrons. The number of alkyl halides is 1. The molecule has 1 saturated heterocycles. The lowest BCUT2D eigenvalue weighted by Crippen LogP contribution is -2.51. The van der Waals surface area contributed by atoms with Gasteiger partial charge in [0.2, 0.25) is 11.8 Å². The van der Waals surface area contributed by atoms with Gasteiger partial charge in [0.05, 0.1) is 5.92 Å². The number of carbonyl (C=O) groups is 3. The molecule has 1 aliphatic rings. The Kier molecular flexibility index (Phi) is 8.54. The molecule has 1 rings (SSSR count). The van der Waals surface area contributed by atoms with Crippen molar-refractivity contribution in [3.8, 4) is 0 Å². The Hall–Kier alpha value is -1.96. The van der Waals surface area contributed by atoms with Gasteiger partial charge in [0.1, 0.15) is 6.04 Å². The fourth-order valence-corrected chi connectivity index (χ4v) is 2.94. The van der Waals surface area contributed by atoms with E-state index in [-0.39, 0.29) is 12.3 Å². The summed E-state index contributed by atoms with van der Waals surface area (Å²) < 4.78 is 14.3. The van der Waals surface area contributed by atoms with Crippen LogP contribution < -0.4 is 10.8 Å². The third kappa shape index (κ3) is 5.81. The first-order valence-electron chi connectivity index (χ1n) is 8.64. The molecular weight excluding hydrogens is 329 g/mol. The van der Waals surface area contributed by atoms with Crippen molar-refractivity contribution in [2.75, 3.05) is 13.1 Å². The molecule has 8 heteroatoms. The molecule has 1 heterocycles. The van der Waals surface area contributed by atoms with Gasteiger partial charge in [-0.25, -0.2) is 9.87 Å². The van der Waals surface area contributed by atoms with E-state index in [4.69, 9.17) is 5.21 Å². The number of rotatable bonds is 9. The second-order valence-electron chi connectivity index (χ2n) is 6.49. The molecule has 1 fully saturated rings. The molecule has 0 radical (unpaired) electrons. The predicted molar refractivity (Wildman–Crippen MR) is 90.4 cm³/mol. The summed E-state index contributed by atoms with van der Waals surface area (Å²) in [7, 11) is 0. The van der Waals surface area contributed by atoms with E-state index in [1.165, 1.54) is 10.4 Å². The first-order valence-corrected chi connectivity index (χ1v) is 8.64. The molecule has 1 aliphatic heterocycles. The Morgan fingerprint density at radius 1 is 1.40 bits per heavy atom. The number of nitrogens with one attached hydrogen (secondary N) is 2. The third-order valence-electron chi connectivity index (χ3n) is 4.30. The van der Waals surface area contributed by atoms with Gasteiger partial charge in [0, 0.05) is 13.1 Å². The monoisotopic (exact) mass is 357 g/mol. The van der Waals surface area contributed by atoms with Crippen molar-refractivity contribution in [2.45, 2.75) is 58.2 Å². The lowest BCUT2D eigenvalue weighted by Gasteiger charge is -2.29. The van der Waals surface area contributed by atoms with Gasteiger partial charge < -0.3 is 10.2 Å². The highest BCUT2D eigenvalue weighted by Gasteiger charge is 2.41. The number of carbonyl (C=O) groups excluding carboxylic acids is 3. The molecule has 7 nitrogen and oxygen atoms in total. The van der Waals surface area contributed by atoms with Crippen molar-refractivity contribution in [2.24, 2.45) is 5.92 Å². The SMILES string of the molecule is C=C(C)CNC(=O)[C@@H]1CCCN1C(=O)[C@H](CCCC)[C@H](F)C(=O)NO. The highest BCUT2D eigenvalue weighted by atomic mass is 19.1. The Bertz CT molecular complexity index is 512. The van der Waals surface area contributed by atoms with Crippen molar-refractivity contribution < 1.29 is 24.0 Å². The van der Waals surface area contributed by atoms with Crippen LogP contribution in [0.4, 0.5) is 4.39 Å². The number of nitrogens with zero attached hydrogens (tertiary/aromatic N) is 1. The largest absolute Gasteiger partial charge is 0.351 e. The molecule has 0 unspecified atom stereocenters. The summed E-state index contributed by atoms with van der Waals surface area (Å²) in [4.78, 5) is 37.9. The summed E-state index contributed by atoms with van der Waals surface area (Å²) in [6.45, 7) is 8.04. The Balaban J connectivity index is 2.87. The van der Waals surface area contributed by atoms with Crippen LogP contribution in [0.5, 0.6) is 0 Å². The van der Waals surface area contributed by atoms with Gasteiger partial charge in [-0.3, -0.25) is 19.6 Å². The average molecular weight is 357 g/mol. The van der Waals surface area contributed by atoms with Crippen LogP contribution in [0.15, 0.2) is 12.2 Å². The molecule has 0 aromatic heterocycles. The van der Waals surface area contributed by atoms with Crippen molar-refractivity contribution in [1.82, 2.24) is 15.7 Å². The summed E-state index contributed by atoms with van der Waals surface area (Å²) in [5.74, 6) is -3.30. The smallest absolute Gasteiger partial charge is 0.278 e. The van der Waals surface area contributed by atoms with Crippen LogP contribution in [0, 0.1) is 5.92 Å². The van der Waals surface area contributed by atoms with E-state index in [0.717, 1.165) is 12.0 Å². The van der Waals surface area contributed by atoms with Crippen LogP contribution in [-0.4, -0.2) is 53.1 Å². The normalized spacial score (nSPS) is 19.2. The van der Waals surface area contributed by atoms with Crippen molar-refractivity contribution in [1.29, 1.82) is 0 Å². The summed E-state index contributed by atoms with van der Waals surface area (Å²) in [6, 6.07) is -0.666. The fourth-order valence-electron chi connectivity index (χ4n) is 2.94. The number of hydroxylamine groups is 1. The maximum absolute atomic E-state index is 14.3. The number of unbranched alkanes of at least 4 members (excludes halogenated alkanes) is 1. The lowest BCUT2D eigenvalue weighted by molar-refractivity contribution is -0.149. The molecule has 0 aromatic carbocycles. The van der Waals surface area contributed by atoms with E-state index < -0.39 is 29.9 Å². The number of amides is 3. The van der Waals surface area contributed by atoms with E-state index in [9.17, 15) is 18.8 Å². The van der Waals surface area contributed by atoms with Crippen molar-refractivity contribution in [3.05, 3.63) is 12.2 Å². The molecule has 0 aromatic rings. The second-order valence-corrected chi connectivity index (χ2v) is 6.49. The van der Waals surface area contributed by atoms with Gasteiger partial charge in [-0.15, -0.1) is 0 Å². The minimum absolute atomic E-state index is 0.181. The van der Waals surface area contributed by atoms with Gasteiger partial charge in [0.25, 0.3) is 5.91 Å². The summed E-state index contributed by atoms with van der Waals surface area (Å²) >= 11 is 0. The van der Waals surface area contributed by atoms with Crippen LogP contribution in [-0.2, 0) is 14.4 Å². The Morgan fingerprint density at radius 2 is 2.08 bits per heavy atom. The maximum atomic E-state index is 14.3. The quantitative estimate of drug-likeness (QED) is 0.329. The van der Waals surface area contributed by atoms with Crippen LogP contribution in [0.1, 0.15) is 46.0 Å². The first-order chi connectivity index (χ1) is 11.8. The number of hydrogen-bond donors (Lipinski definition) is 3. The van der Waals surface area contributed by atoms with Gasteiger partial charge in [-0.05, 0) is 26.2 Å². The third-order valence-corrected chi connectivity index (χ3v) is 4.30. The Morgan fingerprint density at radius 3 is 2.64 bits per heavy atom. The zero-order chi connectivity index (χ0) is 19.0. The predicted octanol–water partition coefficient (Wildman–Crippen LogP) is 1.32. The van der Waals surface area contributed by atoms with E-state index in [1.807, 2.05) is 6.92 Å². The highest BCUT2D eigenvalue weighted by molar-refractivity contribution is 5.92. The molecule has 3 N–H and O–H groups in total. The average Bonchev–Trinajstić information content (AvgIpc) is 3.08.